The third-order valence-electron chi connectivity index (χ3n) is 3.02. The van der Waals surface area contributed by atoms with Crippen LogP contribution in [0.2, 0.25) is 0 Å². The van der Waals surface area contributed by atoms with Gasteiger partial charge in [-0.05, 0) is 31.9 Å². The van der Waals surface area contributed by atoms with Crippen LogP contribution >= 0.6 is 0 Å². The van der Waals surface area contributed by atoms with Crippen LogP contribution in [0.15, 0.2) is 30.3 Å². The van der Waals surface area contributed by atoms with Crippen molar-refractivity contribution >= 4 is 11.8 Å². The number of aryl methyl sites for hydroxylation is 1. The summed E-state index contributed by atoms with van der Waals surface area (Å²) in [5.74, 6) is 1.02. The van der Waals surface area contributed by atoms with Crippen LogP contribution in [0.3, 0.4) is 0 Å². The molecular formula is C16H22N4O. The van der Waals surface area contributed by atoms with Gasteiger partial charge >= 0.3 is 0 Å². The van der Waals surface area contributed by atoms with E-state index in [9.17, 15) is 0 Å². The van der Waals surface area contributed by atoms with Crippen LogP contribution in [-0.4, -0.2) is 16.1 Å². The fourth-order valence-electron chi connectivity index (χ4n) is 2.00. The summed E-state index contributed by atoms with van der Waals surface area (Å²) in [6.07, 6.45) is 0.218. The van der Waals surface area contributed by atoms with Crippen molar-refractivity contribution in [3.8, 4) is 0 Å². The largest absolute Gasteiger partial charge is 0.374 e. The lowest BCUT2D eigenvalue weighted by Gasteiger charge is -2.13. The minimum Gasteiger partial charge on any atom is -0.374 e. The molecule has 5 nitrogen and oxygen atoms in total. The Balaban J connectivity index is 2.05. The number of rotatable bonds is 6. The highest BCUT2D eigenvalue weighted by Gasteiger charge is 2.05. The average Bonchev–Trinajstić information content (AvgIpc) is 2.42. The lowest BCUT2D eigenvalue weighted by atomic mass is 10.1. The van der Waals surface area contributed by atoms with Crippen LogP contribution in [-0.2, 0) is 17.9 Å². The van der Waals surface area contributed by atoms with Crippen LogP contribution in [0.5, 0.6) is 0 Å². The normalized spacial score (nSPS) is 10.9. The van der Waals surface area contributed by atoms with Gasteiger partial charge in [0.25, 0.3) is 0 Å². The summed E-state index contributed by atoms with van der Waals surface area (Å²) in [5.41, 5.74) is 8.87. The van der Waals surface area contributed by atoms with Gasteiger partial charge in [-0.2, -0.15) is 4.98 Å². The molecule has 0 spiro atoms. The molecule has 0 amide bonds. The van der Waals surface area contributed by atoms with Crippen molar-refractivity contribution in [2.24, 2.45) is 0 Å². The van der Waals surface area contributed by atoms with E-state index in [1.165, 1.54) is 11.1 Å². The molecule has 0 radical (unpaired) electrons. The highest BCUT2D eigenvalue weighted by molar-refractivity contribution is 5.41. The second-order valence-electron chi connectivity index (χ2n) is 5.23. The van der Waals surface area contributed by atoms with Crippen molar-refractivity contribution in [2.45, 2.75) is 40.0 Å². The Morgan fingerprint density at radius 3 is 2.57 bits per heavy atom. The van der Waals surface area contributed by atoms with E-state index in [4.69, 9.17) is 10.5 Å². The van der Waals surface area contributed by atoms with E-state index in [-0.39, 0.29) is 12.1 Å². The number of ether oxygens (including phenoxy) is 1. The molecule has 0 saturated heterocycles. The number of nitrogens with one attached hydrogen (secondary N) is 1. The minimum absolute atomic E-state index is 0.218. The molecule has 112 valence electrons. The Morgan fingerprint density at radius 1 is 1.19 bits per heavy atom. The third-order valence-corrected chi connectivity index (χ3v) is 3.02. The second-order valence-corrected chi connectivity index (χ2v) is 5.23. The number of nitrogens with two attached hydrogens (primary N) is 1. The molecule has 5 heteroatoms. The lowest BCUT2D eigenvalue weighted by Crippen LogP contribution is -2.09. The fourth-order valence-corrected chi connectivity index (χ4v) is 2.00. The maximum Gasteiger partial charge on any atom is 0.222 e. The number of hydrogen-bond acceptors (Lipinski definition) is 5. The maximum absolute atomic E-state index is 5.69. The molecule has 0 unspecified atom stereocenters. The molecule has 1 aromatic carbocycles. The number of aromatic nitrogens is 2. The molecular weight excluding hydrogens is 264 g/mol. The minimum atomic E-state index is 0.218. The summed E-state index contributed by atoms with van der Waals surface area (Å²) < 4.78 is 5.69. The Kier molecular flexibility index (Phi) is 5.11. The van der Waals surface area contributed by atoms with Gasteiger partial charge in [-0.15, -0.1) is 0 Å². The summed E-state index contributed by atoms with van der Waals surface area (Å²) in [5, 5.41) is 3.28. The smallest absolute Gasteiger partial charge is 0.222 e. The van der Waals surface area contributed by atoms with Gasteiger partial charge in [-0.1, -0.05) is 24.3 Å². The number of anilines is 2. The monoisotopic (exact) mass is 286 g/mol. The number of nitrogen functional groups attached to an aromatic ring is 1. The van der Waals surface area contributed by atoms with Crippen LogP contribution in [0.4, 0.5) is 11.8 Å². The number of benzene rings is 1. The predicted molar refractivity (Wildman–Crippen MR) is 84.9 cm³/mol. The maximum atomic E-state index is 5.69. The van der Waals surface area contributed by atoms with Gasteiger partial charge < -0.3 is 15.8 Å². The van der Waals surface area contributed by atoms with Gasteiger partial charge in [-0.3, -0.25) is 0 Å². The van der Waals surface area contributed by atoms with E-state index >= 15 is 0 Å². The molecule has 2 rings (SSSR count). The van der Waals surface area contributed by atoms with Crippen molar-refractivity contribution in [1.82, 2.24) is 9.97 Å². The zero-order chi connectivity index (χ0) is 15.2. The standard InChI is InChI=1S/C16H22N4O/c1-11(2)21-10-14-7-5-4-6-13(14)9-18-15-8-12(3)19-16(17)20-15/h4-8,11H,9-10H2,1-3H3,(H3,17,18,19,20). The van der Waals surface area contributed by atoms with Crippen molar-refractivity contribution in [3.63, 3.8) is 0 Å². The molecule has 1 aromatic heterocycles. The Bertz CT molecular complexity index is 578. The van der Waals surface area contributed by atoms with E-state index in [1.54, 1.807) is 0 Å². The van der Waals surface area contributed by atoms with Crippen LogP contribution in [0.1, 0.15) is 30.7 Å². The van der Waals surface area contributed by atoms with Gasteiger partial charge in [0.1, 0.15) is 5.82 Å². The quantitative estimate of drug-likeness (QED) is 0.854. The molecule has 0 atom stereocenters. The zero-order valence-corrected chi connectivity index (χ0v) is 12.8. The highest BCUT2D eigenvalue weighted by Crippen LogP contribution is 2.14. The Labute approximate surface area is 125 Å². The molecule has 0 bridgehead atoms. The van der Waals surface area contributed by atoms with E-state index in [2.05, 4.69) is 27.4 Å². The van der Waals surface area contributed by atoms with Crippen molar-refractivity contribution in [2.75, 3.05) is 11.1 Å². The van der Waals surface area contributed by atoms with Crippen LogP contribution in [0.25, 0.3) is 0 Å². The fraction of sp³-hybridized carbons (Fsp3) is 0.375. The van der Waals surface area contributed by atoms with Gasteiger partial charge in [0, 0.05) is 18.3 Å². The number of nitrogens with zero attached hydrogens (tertiary/aromatic N) is 2. The molecule has 1 heterocycles. The van der Waals surface area contributed by atoms with Crippen molar-refractivity contribution < 1.29 is 4.74 Å². The molecule has 0 aliphatic rings. The SMILES string of the molecule is Cc1cc(NCc2ccccc2COC(C)C)nc(N)n1. The average molecular weight is 286 g/mol. The first-order valence-corrected chi connectivity index (χ1v) is 7.08. The summed E-state index contributed by atoms with van der Waals surface area (Å²) in [6, 6.07) is 10.1. The molecule has 0 aliphatic carbocycles. The molecule has 0 aliphatic heterocycles. The summed E-state index contributed by atoms with van der Waals surface area (Å²) in [7, 11) is 0. The van der Waals surface area contributed by atoms with Gasteiger partial charge in [0.15, 0.2) is 0 Å². The first-order chi connectivity index (χ1) is 10.0. The highest BCUT2D eigenvalue weighted by atomic mass is 16.5. The third kappa shape index (κ3) is 4.72. The molecule has 3 N–H and O–H groups in total. The van der Waals surface area contributed by atoms with E-state index in [0.29, 0.717) is 13.2 Å². The second kappa shape index (κ2) is 7.04. The molecule has 0 fully saturated rings. The van der Waals surface area contributed by atoms with E-state index < -0.39 is 0 Å². The van der Waals surface area contributed by atoms with Crippen LogP contribution < -0.4 is 11.1 Å². The summed E-state index contributed by atoms with van der Waals surface area (Å²) in [4.78, 5) is 8.24. The first-order valence-electron chi connectivity index (χ1n) is 7.08. The molecule has 2 aromatic rings. The topological polar surface area (TPSA) is 73.1 Å². The van der Waals surface area contributed by atoms with E-state index in [1.807, 2.05) is 39.0 Å². The van der Waals surface area contributed by atoms with E-state index in [0.717, 1.165) is 11.5 Å². The van der Waals surface area contributed by atoms with Crippen molar-refractivity contribution in [3.05, 3.63) is 47.2 Å². The summed E-state index contributed by atoms with van der Waals surface area (Å²) >= 11 is 0. The van der Waals surface area contributed by atoms with Gasteiger partial charge in [-0.25, -0.2) is 4.98 Å². The lowest BCUT2D eigenvalue weighted by molar-refractivity contribution is 0.0653. The Hall–Kier alpha value is -2.14. The zero-order valence-electron chi connectivity index (χ0n) is 12.8. The van der Waals surface area contributed by atoms with Gasteiger partial charge in [0.2, 0.25) is 5.95 Å². The Morgan fingerprint density at radius 2 is 1.90 bits per heavy atom. The predicted octanol–water partition coefficient (Wildman–Crippen LogP) is 2.90. The number of hydrogen-bond donors (Lipinski definition) is 2. The summed E-state index contributed by atoms with van der Waals surface area (Å²) in [6.45, 7) is 7.25. The van der Waals surface area contributed by atoms with Crippen molar-refractivity contribution in [1.29, 1.82) is 0 Å². The first kappa shape index (κ1) is 15.3. The van der Waals surface area contributed by atoms with Crippen LogP contribution in [0, 0.1) is 6.92 Å². The van der Waals surface area contributed by atoms with Gasteiger partial charge in [0.05, 0.1) is 12.7 Å². The molecule has 21 heavy (non-hydrogen) atoms. The molecule has 0 saturated carbocycles.